The van der Waals surface area contributed by atoms with Crippen molar-refractivity contribution in [3.63, 3.8) is 0 Å². The lowest BCUT2D eigenvalue weighted by Gasteiger charge is -2.18. The molecule has 0 saturated carbocycles. The molecule has 12 nitrogen and oxygen atoms in total. The zero-order valence-electron chi connectivity index (χ0n) is 14.3. The van der Waals surface area contributed by atoms with Gasteiger partial charge in [0, 0.05) is 12.1 Å². The maximum absolute atomic E-state index is 12.1. The third-order valence-corrected chi connectivity index (χ3v) is 4.27. The molecule has 4 N–H and O–H groups in total. The number of nitro groups is 1. The smallest absolute Gasteiger partial charge is 0.330 e. The molecule has 1 aliphatic heterocycles. The lowest BCUT2D eigenvalue weighted by atomic mass is 10.1. The number of rotatable bonds is 6. The molecule has 2 aromatic rings. The number of nitrogens with one attached hydrogen (secondary N) is 1. The first-order valence-electron chi connectivity index (χ1n) is 8.16. The summed E-state index contributed by atoms with van der Waals surface area (Å²) in [5.41, 5.74) is -1.28. The van der Waals surface area contributed by atoms with Crippen molar-refractivity contribution in [1.82, 2.24) is 9.55 Å². The number of benzene rings is 1. The van der Waals surface area contributed by atoms with E-state index < -0.39 is 47.3 Å². The molecule has 1 aromatic heterocycles. The van der Waals surface area contributed by atoms with Crippen LogP contribution in [0.25, 0.3) is 0 Å². The first kappa shape index (κ1) is 19.7. The number of aliphatic hydroxyl groups excluding tert-OH is 3. The van der Waals surface area contributed by atoms with Crippen LogP contribution in [0.4, 0.5) is 5.69 Å². The molecule has 12 heteroatoms. The maximum Gasteiger partial charge on any atom is 0.330 e. The summed E-state index contributed by atoms with van der Waals surface area (Å²) in [7, 11) is 0. The van der Waals surface area contributed by atoms with Gasteiger partial charge in [0.25, 0.3) is 11.2 Å². The maximum atomic E-state index is 12.1. The fourth-order valence-electron chi connectivity index (χ4n) is 2.74. The molecule has 0 amide bonds. The molecule has 3 rings (SSSR count). The van der Waals surface area contributed by atoms with Crippen LogP contribution in [-0.2, 0) is 11.3 Å². The van der Waals surface area contributed by atoms with Crippen molar-refractivity contribution < 1.29 is 29.7 Å². The lowest BCUT2D eigenvalue weighted by Crippen LogP contribution is -2.38. The van der Waals surface area contributed by atoms with Crippen molar-refractivity contribution in [3.05, 3.63) is 67.0 Å². The highest BCUT2D eigenvalue weighted by Crippen LogP contribution is 2.28. The van der Waals surface area contributed by atoms with Gasteiger partial charge in [-0.05, 0) is 17.7 Å². The van der Waals surface area contributed by atoms with Gasteiger partial charge in [-0.25, -0.2) is 4.79 Å². The van der Waals surface area contributed by atoms with Crippen LogP contribution in [0, 0.1) is 10.1 Å². The van der Waals surface area contributed by atoms with Gasteiger partial charge in [-0.3, -0.25) is 24.5 Å². The van der Waals surface area contributed by atoms with E-state index >= 15 is 0 Å². The molecule has 0 spiro atoms. The zero-order valence-corrected chi connectivity index (χ0v) is 14.3. The Balaban J connectivity index is 1.81. The van der Waals surface area contributed by atoms with Crippen molar-refractivity contribution >= 4 is 5.69 Å². The Kier molecular flexibility index (Phi) is 5.56. The summed E-state index contributed by atoms with van der Waals surface area (Å²) in [5, 5.41) is 39.7. The molecule has 150 valence electrons. The van der Waals surface area contributed by atoms with Crippen LogP contribution in [0.3, 0.4) is 0 Å². The summed E-state index contributed by atoms with van der Waals surface area (Å²) >= 11 is 0. The molecule has 2 heterocycles. The first-order chi connectivity index (χ1) is 13.3. The molecule has 0 aliphatic carbocycles. The number of nitro benzene ring substituents is 1. The second-order valence-corrected chi connectivity index (χ2v) is 6.10. The predicted molar refractivity (Wildman–Crippen MR) is 91.8 cm³/mol. The van der Waals surface area contributed by atoms with Crippen LogP contribution in [0.5, 0.6) is 5.75 Å². The molecule has 1 saturated heterocycles. The van der Waals surface area contributed by atoms with E-state index in [9.17, 15) is 29.9 Å². The third kappa shape index (κ3) is 3.80. The van der Waals surface area contributed by atoms with Crippen LogP contribution in [0.2, 0.25) is 0 Å². The first-order valence-corrected chi connectivity index (χ1v) is 8.16. The minimum Gasteiger partial charge on any atom is -0.482 e. The van der Waals surface area contributed by atoms with Gasteiger partial charge in [-0.15, -0.1) is 0 Å². The molecule has 0 radical (unpaired) electrons. The largest absolute Gasteiger partial charge is 0.482 e. The van der Waals surface area contributed by atoms with Gasteiger partial charge in [0.2, 0.25) is 5.75 Å². The van der Waals surface area contributed by atoms with Crippen LogP contribution < -0.4 is 16.0 Å². The van der Waals surface area contributed by atoms with Gasteiger partial charge in [-0.1, -0.05) is 0 Å². The van der Waals surface area contributed by atoms with Gasteiger partial charge < -0.3 is 24.8 Å². The van der Waals surface area contributed by atoms with Gasteiger partial charge in [0.05, 0.1) is 17.7 Å². The van der Waals surface area contributed by atoms with Crippen LogP contribution in [0.15, 0.2) is 40.1 Å². The quantitative estimate of drug-likeness (QED) is 0.339. The summed E-state index contributed by atoms with van der Waals surface area (Å²) in [6.07, 6.45) is -4.34. The summed E-state index contributed by atoms with van der Waals surface area (Å²) in [6.45, 7) is -0.689. The van der Waals surface area contributed by atoms with E-state index in [1.54, 1.807) is 0 Å². The van der Waals surface area contributed by atoms with Gasteiger partial charge in [-0.2, -0.15) is 0 Å². The molecule has 0 bridgehead atoms. The monoisotopic (exact) mass is 395 g/mol. The van der Waals surface area contributed by atoms with Crippen LogP contribution in [-0.4, -0.2) is 54.7 Å². The Hall–Kier alpha value is -3.06. The summed E-state index contributed by atoms with van der Waals surface area (Å²) < 4.78 is 11.5. The summed E-state index contributed by atoms with van der Waals surface area (Å²) in [4.78, 5) is 36.1. The van der Waals surface area contributed by atoms with E-state index in [0.29, 0.717) is 5.56 Å². The number of hydrogen-bond donors (Lipinski definition) is 4. The highest BCUT2D eigenvalue weighted by Gasteiger charge is 2.43. The molecule has 4 atom stereocenters. The second kappa shape index (κ2) is 7.90. The average molecular weight is 395 g/mol. The summed E-state index contributed by atoms with van der Waals surface area (Å²) in [6, 6.07) is 5.47. The lowest BCUT2D eigenvalue weighted by molar-refractivity contribution is -0.384. The number of H-pyrrole nitrogens is 1. The Morgan fingerprint density at radius 3 is 2.46 bits per heavy atom. The molecular weight excluding hydrogens is 378 g/mol. The zero-order chi connectivity index (χ0) is 20.4. The fraction of sp³-hybridized carbons (Fsp3) is 0.375. The number of aromatic amines is 1. The van der Waals surface area contributed by atoms with E-state index in [1.807, 2.05) is 4.98 Å². The normalized spacial score (nSPS) is 24.2. The number of hydrogen-bond acceptors (Lipinski definition) is 9. The van der Waals surface area contributed by atoms with Gasteiger partial charge in [0.15, 0.2) is 6.23 Å². The number of aliphatic hydroxyl groups is 3. The molecule has 28 heavy (non-hydrogen) atoms. The predicted octanol–water partition coefficient (Wildman–Crippen LogP) is -1.36. The van der Waals surface area contributed by atoms with Gasteiger partial charge >= 0.3 is 5.69 Å². The minimum atomic E-state index is -1.51. The minimum absolute atomic E-state index is 0.0977. The standard InChI is InChI=1S/C16H17N3O9/c20-6-11-12(21)13(22)15(28-11)18-5-10(14(23)17-16(18)24)27-7-8-1-3-9(4-2-8)19(25)26/h1-5,11-13,15,20-22H,6-7H2,(H,17,23,24)/t11-,12-,13-,15-/m1/s1. The Morgan fingerprint density at radius 1 is 1.21 bits per heavy atom. The van der Waals surface area contributed by atoms with E-state index in [2.05, 4.69) is 0 Å². The third-order valence-electron chi connectivity index (χ3n) is 4.27. The van der Waals surface area contributed by atoms with Crippen molar-refractivity contribution in [2.45, 2.75) is 31.1 Å². The van der Waals surface area contributed by atoms with E-state index in [4.69, 9.17) is 14.6 Å². The van der Waals surface area contributed by atoms with E-state index in [1.165, 1.54) is 24.3 Å². The SMILES string of the molecule is O=c1[nH]c(=O)n([C@@H]2O[C@H](CO)[C@@H](O)[C@H]2O)cc1OCc1ccc([N+](=O)[O-])cc1. The van der Waals surface area contributed by atoms with Crippen LogP contribution >= 0.6 is 0 Å². The number of non-ortho nitro benzene ring substituents is 1. The Morgan fingerprint density at radius 2 is 1.89 bits per heavy atom. The average Bonchev–Trinajstić information content (AvgIpc) is 2.96. The number of aromatic nitrogens is 2. The molecule has 0 unspecified atom stereocenters. The van der Waals surface area contributed by atoms with E-state index in [-0.39, 0.29) is 18.0 Å². The fourth-order valence-corrected chi connectivity index (χ4v) is 2.74. The molecule has 1 aliphatic rings. The summed E-state index contributed by atoms with van der Waals surface area (Å²) in [5.74, 6) is -0.268. The Bertz CT molecular complexity index is 969. The van der Waals surface area contributed by atoms with Crippen molar-refractivity contribution in [2.24, 2.45) is 0 Å². The van der Waals surface area contributed by atoms with E-state index in [0.717, 1.165) is 10.8 Å². The molecule has 1 fully saturated rings. The van der Waals surface area contributed by atoms with Crippen molar-refractivity contribution in [2.75, 3.05) is 6.61 Å². The van der Waals surface area contributed by atoms with Crippen LogP contribution in [0.1, 0.15) is 11.8 Å². The molecule has 1 aromatic carbocycles. The molecular formula is C16H17N3O9. The Labute approximate surface area is 156 Å². The highest BCUT2D eigenvalue weighted by atomic mass is 16.6. The van der Waals surface area contributed by atoms with Crippen molar-refractivity contribution in [1.29, 1.82) is 0 Å². The highest BCUT2D eigenvalue weighted by molar-refractivity contribution is 5.32. The van der Waals surface area contributed by atoms with Gasteiger partial charge in [0.1, 0.15) is 24.9 Å². The number of nitrogens with zero attached hydrogens (tertiary/aromatic N) is 2. The van der Waals surface area contributed by atoms with Crippen molar-refractivity contribution in [3.8, 4) is 5.75 Å². The topological polar surface area (TPSA) is 177 Å². The number of ether oxygens (including phenoxy) is 2. The second-order valence-electron chi connectivity index (χ2n) is 6.10.